The number of nitrogens with one attached hydrogen (secondary N) is 1. The van der Waals surface area contributed by atoms with Gasteiger partial charge in [0.1, 0.15) is 5.52 Å². The maximum absolute atomic E-state index is 10.7. The fourth-order valence-corrected chi connectivity index (χ4v) is 2.73. The smallest absolute Gasteiger partial charge is 0.394 e. The van der Waals surface area contributed by atoms with Gasteiger partial charge < -0.3 is 14.5 Å². The van der Waals surface area contributed by atoms with Crippen LogP contribution >= 0.6 is 12.4 Å². The number of nitro groups is 1. The van der Waals surface area contributed by atoms with E-state index in [4.69, 9.17) is 9.15 Å². The van der Waals surface area contributed by atoms with Crippen LogP contribution in [0.3, 0.4) is 0 Å². The Labute approximate surface area is 140 Å². The average molecular weight is 342 g/mol. The molecule has 0 amide bonds. The van der Waals surface area contributed by atoms with Crippen molar-refractivity contribution in [3.05, 3.63) is 28.3 Å². The van der Waals surface area contributed by atoms with Gasteiger partial charge in [-0.15, -0.1) is 12.4 Å². The molecule has 0 radical (unpaired) electrons. The molecule has 0 bridgehead atoms. The molecule has 1 aliphatic heterocycles. The lowest BCUT2D eigenvalue weighted by Crippen LogP contribution is -2.34. The Balaban J connectivity index is 0.00000192. The van der Waals surface area contributed by atoms with E-state index in [1.165, 1.54) is 31.4 Å². The van der Waals surface area contributed by atoms with Gasteiger partial charge >= 0.3 is 6.08 Å². The lowest BCUT2D eigenvalue weighted by molar-refractivity contribution is -0.384. The molecule has 2 aromatic rings. The first-order valence-electron chi connectivity index (χ1n) is 7.63. The molecule has 1 aromatic heterocycles. The van der Waals surface area contributed by atoms with Crippen LogP contribution < -0.4 is 10.1 Å². The number of aromatic nitrogens is 1. The van der Waals surface area contributed by atoms with Crippen molar-refractivity contribution < 1.29 is 14.1 Å². The minimum Gasteiger partial charge on any atom is -0.450 e. The van der Waals surface area contributed by atoms with Crippen molar-refractivity contribution in [2.75, 3.05) is 13.2 Å². The predicted octanol–water partition coefficient (Wildman–Crippen LogP) is 3.46. The van der Waals surface area contributed by atoms with Gasteiger partial charge in [-0.2, -0.15) is 4.98 Å². The van der Waals surface area contributed by atoms with E-state index < -0.39 is 4.92 Å². The highest BCUT2D eigenvalue weighted by Gasteiger charge is 2.14. The molecule has 1 atom stereocenters. The summed E-state index contributed by atoms with van der Waals surface area (Å²) in [6.45, 7) is 1.64. The number of piperidine rings is 1. The van der Waals surface area contributed by atoms with Gasteiger partial charge in [-0.1, -0.05) is 6.42 Å². The minimum atomic E-state index is -0.453. The fourth-order valence-electron chi connectivity index (χ4n) is 2.73. The topological polar surface area (TPSA) is 90.4 Å². The highest BCUT2D eigenvalue weighted by atomic mass is 35.5. The molecule has 1 aliphatic rings. The number of hydrogen-bond donors (Lipinski definition) is 1. The number of hydrogen-bond acceptors (Lipinski definition) is 6. The van der Waals surface area contributed by atoms with E-state index >= 15 is 0 Å². The maximum atomic E-state index is 10.7. The quantitative estimate of drug-likeness (QED) is 0.491. The molecule has 0 saturated carbocycles. The number of nitrogens with zero attached hydrogens (tertiary/aromatic N) is 2. The average Bonchev–Trinajstić information content (AvgIpc) is 2.94. The minimum absolute atomic E-state index is 0. The molecule has 0 aliphatic carbocycles. The first-order chi connectivity index (χ1) is 10.7. The van der Waals surface area contributed by atoms with Gasteiger partial charge in [-0.05, 0) is 38.3 Å². The van der Waals surface area contributed by atoms with Crippen LogP contribution in [0.5, 0.6) is 6.08 Å². The van der Waals surface area contributed by atoms with Crippen LogP contribution in [0.2, 0.25) is 0 Å². The Hall–Kier alpha value is -1.86. The van der Waals surface area contributed by atoms with Crippen molar-refractivity contribution in [1.29, 1.82) is 0 Å². The van der Waals surface area contributed by atoms with Crippen LogP contribution in [0.1, 0.15) is 32.1 Å². The molecule has 7 nitrogen and oxygen atoms in total. The van der Waals surface area contributed by atoms with Gasteiger partial charge in [0, 0.05) is 18.2 Å². The second kappa shape index (κ2) is 8.12. The molecule has 1 fully saturated rings. The predicted molar refractivity (Wildman–Crippen MR) is 88.3 cm³/mol. The third kappa shape index (κ3) is 4.56. The molecule has 0 spiro atoms. The summed E-state index contributed by atoms with van der Waals surface area (Å²) in [7, 11) is 0. The number of benzene rings is 1. The van der Waals surface area contributed by atoms with Gasteiger partial charge in [-0.25, -0.2) is 0 Å². The number of oxazole rings is 1. The van der Waals surface area contributed by atoms with E-state index in [2.05, 4.69) is 10.3 Å². The summed E-state index contributed by atoms with van der Waals surface area (Å²) >= 11 is 0. The Morgan fingerprint density at radius 3 is 3.04 bits per heavy atom. The highest BCUT2D eigenvalue weighted by molar-refractivity contribution is 5.85. The standard InChI is InChI=1S/C15H19N3O4.ClH/c19-18(20)12-6-7-14-13(10-12)17-15(22-14)21-9-3-5-11-4-1-2-8-16-11;/h6-7,10-11,16H,1-5,8-9H2;1H. The summed E-state index contributed by atoms with van der Waals surface area (Å²) in [5.74, 6) is 0. The Bertz CT molecular complexity index is 655. The van der Waals surface area contributed by atoms with Crippen molar-refractivity contribution in [2.24, 2.45) is 0 Å². The van der Waals surface area contributed by atoms with E-state index in [0.717, 1.165) is 19.4 Å². The molecule has 23 heavy (non-hydrogen) atoms. The fraction of sp³-hybridized carbons (Fsp3) is 0.533. The van der Waals surface area contributed by atoms with Gasteiger partial charge in [0.25, 0.3) is 5.69 Å². The second-order valence-electron chi connectivity index (χ2n) is 5.53. The molecular weight excluding hydrogens is 322 g/mol. The van der Waals surface area contributed by atoms with Gasteiger partial charge in [-0.3, -0.25) is 10.1 Å². The van der Waals surface area contributed by atoms with E-state index in [-0.39, 0.29) is 24.2 Å². The van der Waals surface area contributed by atoms with Crippen LogP contribution in [0.4, 0.5) is 5.69 Å². The second-order valence-corrected chi connectivity index (χ2v) is 5.53. The molecule has 8 heteroatoms. The van der Waals surface area contributed by atoms with Crippen molar-refractivity contribution in [2.45, 2.75) is 38.1 Å². The zero-order chi connectivity index (χ0) is 15.4. The highest BCUT2D eigenvalue weighted by Crippen LogP contribution is 2.24. The number of ether oxygens (including phenoxy) is 1. The number of rotatable bonds is 6. The lowest BCUT2D eigenvalue weighted by Gasteiger charge is -2.23. The summed E-state index contributed by atoms with van der Waals surface area (Å²) in [5.41, 5.74) is 0.934. The van der Waals surface area contributed by atoms with Crippen molar-refractivity contribution >= 4 is 29.2 Å². The molecule has 1 N–H and O–H groups in total. The summed E-state index contributed by atoms with van der Waals surface area (Å²) in [6.07, 6.45) is 5.96. The SMILES string of the molecule is Cl.O=[N+]([O-])c1ccc2oc(OCCCC3CCCCN3)nc2c1. The van der Waals surface area contributed by atoms with Crippen LogP contribution in [0.15, 0.2) is 22.6 Å². The monoisotopic (exact) mass is 341 g/mol. The number of halogens is 1. The third-order valence-electron chi connectivity index (χ3n) is 3.90. The van der Waals surface area contributed by atoms with E-state index in [1.54, 1.807) is 6.07 Å². The van der Waals surface area contributed by atoms with E-state index in [0.29, 0.717) is 23.7 Å². The van der Waals surface area contributed by atoms with Crippen LogP contribution in [-0.4, -0.2) is 29.1 Å². The largest absolute Gasteiger partial charge is 0.450 e. The summed E-state index contributed by atoms with van der Waals surface area (Å²) in [5, 5.41) is 14.2. The molecule has 1 unspecified atom stereocenters. The molecule has 126 valence electrons. The van der Waals surface area contributed by atoms with Crippen molar-refractivity contribution in [3.8, 4) is 6.08 Å². The van der Waals surface area contributed by atoms with Crippen LogP contribution in [0, 0.1) is 10.1 Å². The van der Waals surface area contributed by atoms with Gasteiger partial charge in [0.15, 0.2) is 5.58 Å². The first-order valence-corrected chi connectivity index (χ1v) is 7.63. The number of non-ortho nitro benzene ring substituents is 1. The number of fused-ring (bicyclic) bond motifs is 1. The third-order valence-corrected chi connectivity index (χ3v) is 3.90. The maximum Gasteiger partial charge on any atom is 0.394 e. The van der Waals surface area contributed by atoms with E-state index in [1.807, 2.05) is 0 Å². The summed E-state index contributed by atoms with van der Waals surface area (Å²) < 4.78 is 10.9. The zero-order valence-electron chi connectivity index (χ0n) is 12.7. The Morgan fingerprint density at radius 1 is 1.43 bits per heavy atom. The normalized spacial score (nSPS) is 17.7. The molecule has 3 rings (SSSR count). The van der Waals surface area contributed by atoms with Crippen LogP contribution in [-0.2, 0) is 0 Å². The molecule has 2 heterocycles. The summed E-state index contributed by atoms with van der Waals surface area (Å²) in [4.78, 5) is 14.4. The van der Waals surface area contributed by atoms with Crippen molar-refractivity contribution in [3.63, 3.8) is 0 Å². The van der Waals surface area contributed by atoms with Crippen LogP contribution in [0.25, 0.3) is 11.1 Å². The first kappa shape index (κ1) is 17.5. The van der Waals surface area contributed by atoms with Gasteiger partial charge in [0.2, 0.25) is 0 Å². The molecule has 1 aromatic carbocycles. The van der Waals surface area contributed by atoms with E-state index in [9.17, 15) is 10.1 Å². The Kier molecular flexibility index (Phi) is 6.18. The lowest BCUT2D eigenvalue weighted by atomic mass is 10.0. The zero-order valence-corrected chi connectivity index (χ0v) is 13.5. The molecular formula is C15H20ClN3O4. The summed E-state index contributed by atoms with van der Waals surface area (Å²) in [6, 6.07) is 4.91. The number of nitro benzene ring substituents is 1. The van der Waals surface area contributed by atoms with Gasteiger partial charge in [0.05, 0.1) is 11.5 Å². The molecule has 1 saturated heterocycles. The Morgan fingerprint density at radius 2 is 2.30 bits per heavy atom. The van der Waals surface area contributed by atoms with Crippen molar-refractivity contribution in [1.82, 2.24) is 10.3 Å².